The van der Waals surface area contributed by atoms with Crippen molar-refractivity contribution in [1.29, 1.82) is 0 Å². The standard InChI is InChI=1S/C8H14N2O/c1-2-8(11)10-7-4-3-6(9)5-7/h2,6-7H,1,3-5,9H2,(H,10,11)/t6-,7+/m1/s1. The van der Waals surface area contributed by atoms with Gasteiger partial charge in [0, 0.05) is 12.1 Å². The Morgan fingerprint density at radius 3 is 2.82 bits per heavy atom. The molecule has 1 rings (SSSR count). The molecule has 3 nitrogen and oxygen atoms in total. The van der Waals surface area contributed by atoms with Crippen LogP contribution in [0.15, 0.2) is 12.7 Å². The van der Waals surface area contributed by atoms with E-state index >= 15 is 0 Å². The van der Waals surface area contributed by atoms with Crippen molar-refractivity contribution >= 4 is 5.91 Å². The number of rotatable bonds is 2. The van der Waals surface area contributed by atoms with Crippen LogP contribution in [0.5, 0.6) is 0 Å². The molecule has 1 saturated carbocycles. The molecule has 0 unspecified atom stereocenters. The van der Waals surface area contributed by atoms with Crippen LogP contribution < -0.4 is 11.1 Å². The Morgan fingerprint density at radius 2 is 2.36 bits per heavy atom. The van der Waals surface area contributed by atoms with Crippen molar-refractivity contribution in [2.45, 2.75) is 31.3 Å². The third-order valence-corrected chi connectivity index (χ3v) is 2.00. The van der Waals surface area contributed by atoms with Gasteiger partial charge in [-0.25, -0.2) is 0 Å². The van der Waals surface area contributed by atoms with Crippen molar-refractivity contribution in [3.63, 3.8) is 0 Å². The Hall–Kier alpha value is -0.830. The second kappa shape index (κ2) is 3.53. The zero-order chi connectivity index (χ0) is 8.27. The fourth-order valence-corrected chi connectivity index (χ4v) is 1.41. The molecule has 1 aliphatic carbocycles. The van der Waals surface area contributed by atoms with Gasteiger partial charge in [0.05, 0.1) is 0 Å². The third-order valence-electron chi connectivity index (χ3n) is 2.00. The lowest BCUT2D eigenvalue weighted by atomic mass is 10.2. The number of carbonyl (C=O) groups is 1. The molecular formula is C8H14N2O. The molecular weight excluding hydrogens is 140 g/mol. The van der Waals surface area contributed by atoms with Gasteiger partial charge in [0.15, 0.2) is 0 Å². The lowest BCUT2D eigenvalue weighted by Crippen LogP contribution is -2.32. The van der Waals surface area contributed by atoms with E-state index in [1.54, 1.807) is 0 Å². The van der Waals surface area contributed by atoms with E-state index in [0.29, 0.717) is 0 Å². The maximum absolute atomic E-state index is 10.8. The van der Waals surface area contributed by atoms with Gasteiger partial charge in [-0.2, -0.15) is 0 Å². The van der Waals surface area contributed by atoms with Crippen LogP contribution in [0.25, 0.3) is 0 Å². The molecule has 1 aliphatic rings. The van der Waals surface area contributed by atoms with Crippen LogP contribution in [0.3, 0.4) is 0 Å². The summed E-state index contributed by atoms with van der Waals surface area (Å²) in [5.41, 5.74) is 5.67. The average molecular weight is 154 g/mol. The first-order valence-corrected chi connectivity index (χ1v) is 3.91. The fraction of sp³-hybridized carbons (Fsp3) is 0.625. The molecule has 11 heavy (non-hydrogen) atoms. The Balaban J connectivity index is 2.28. The molecule has 0 radical (unpaired) electrons. The van der Waals surface area contributed by atoms with E-state index < -0.39 is 0 Å². The Morgan fingerprint density at radius 1 is 1.64 bits per heavy atom. The molecule has 3 N–H and O–H groups in total. The number of carbonyl (C=O) groups excluding carboxylic acids is 1. The van der Waals surface area contributed by atoms with Crippen molar-refractivity contribution in [3.8, 4) is 0 Å². The Bertz CT molecular complexity index is 167. The summed E-state index contributed by atoms with van der Waals surface area (Å²) in [5, 5.41) is 2.82. The van der Waals surface area contributed by atoms with Gasteiger partial charge in [-0.3, -0.25) is 4.79 Å². The first-order valence-electron chi connectivity index (χ1n) is 3.91. The highest BCUT2D eigenvalue weighted by Gasteiger charge is 2.21. The van der Waals surface area contributed by atoms with E-state index in [9.17, 15) is 4.79 Å². The summed E-state index contributed by atoms with van der Waals surface area (Å²) >= 11 is 0. The quantitative estimate of drug-likeness (QED) is 0.557. The van der Waals surface area contributed by atoms with Gasteiger partial charge >= 0.3 is 0 Å². The molecule has 0 aromatic rings. The Kier molecular flexibility index (Phi) is 2.65. The number of hydrogen-bond acceptors (Lipinski definition) is 2. The second-order valence-electron chi connectivity index (χ2n) is 2.98. The van der Waals surface area contributed by atoms with Crippen LogP contribution in [0, 0.1) is 0 Å². The van der Waals surface area contributed by atoms with Crippen molar-refractivity contribution in [3.05, 3.63) is 12.7 Å². The molecule has 1 fully saturated rings. The minimum absolute atomic E-state index is 0.0934. The lowest BCUT2D eigenvalue weighted by Gasteiger charge is -2.09. The summed E-state index contributed by atoms with van der Waals surface area (Å²) in [6, 6.07) is 0.542. The third kappa shape index (κ3) is 2.35. The summed E-state index contributed by atoms with van der Waals surface area (Å²) in [4.78, 5) is 10.8. The highest BCUT2D eigenvalue weighted by molar-refractivity contribution is 5.87. The SMILES string of the molecule is C=CC(=O)N[C@H]1CC[C@@H](N)C1. The van der Waals surface area contributed by atoms with Gasteiger partial charge in [0.2, 0.25) is 5.91 Å². The van der Waals surface area contributed by atoms with Crippen LogP contribution in [0.4, 0.5) is 0 Å². The average Bonchev–Trinajstić information content (AvgIpc) is 2.35. The smallest absolute Gasteiger partial charge is 0.243 e. The molecule has 0 heterocycles. The maximum atomic E-state index is 10.8. The van der Waals surface area contributed by atoms with Gasteiger partial charge in [0.25, 0.3) is 0 Å². The van der Waals surface area contributed by atoms with E-state index in [1.807, 2.05) is 0 Å². The largest absolute Gasteiger partial charge is 0.350 e. The highest BCUT2D eigenvalue weighted by atomic mass is 16.1. The number of nitrogens with one attached hydrogen (secondary N) is 1. The molecule has 62 valence electrons. The van der Waals surface area contributed by atoms with E-state index in [2.05, 4.69) is 11.9 Å². The predicted octanol–water partition coefficient (Wildman–Crippen LogP) is 0.168. The van der Waals surface area contributed by atoms with Crippen molar-refractivity contribution in [1.82, 2.24) is 5.32 Å². The van der Waals surface area contributed by atoms with Crippen LogP contribution in [-0.2, 0) is 4.79 Å². The molecule has 0 saturated heterocycles. The summed E-state index contributed by atoms with van der Waals surface area (Å²) in [6.07, 6.45) is 4.21. The summed E-state index contributed by atoms with van der Waals surface area (Å²) < 4.78 is 0. The predicted molar refractivity (Wildman–Crippen MR) is 44.0 cm³/mol. The van der Waals surface area contributed by atoms with Crippen LogP contribution in [0.1, 0.15) is 19.3 Å². The maximum Gasteiger partial charge on any atom is 0.243 e. The van der Waals surface area contributed by atoms with Crippen LogP contribution >= 0.6 is 0 Å². The number of amides is 1. The zero-order valence-electron chi connectivity index (χ0n) is 6.55. The second-order valence-corrected chi connectivity index (χ2v) is 2.98. The van der Waals surface area contributed by atoms with E-state index in [1.165, 1.54) is 6.08 Å². The van der Waals surface area contributed by atoms with E-state index in [-0.39, 0.29) is 18.0 Å². The zero-order valence-corrected chi connectivity index (χ0v) is 6.55. The minimum Gasteiger partial charge on any atom is -0.350 e. The van der Waals surface area contributed by atoms with Crippen molar-refractivity contribution < 1.29 is 4.79 Å². The summed E-state index contributed by atoms with van der Waals surface area (Å²) in [6.45, 7) is 3.38. The minimum atomic E-state index is -0.0934. The van der Waals surface area contributed by atoms with Gasteiger partial charge in [-0.1, -0.05) is 6.58 Å². The van der Waals surface area contributed by atoms with E-state index in [0.717, 1.165) is 19.3 Å². The van der Waals surface area contributed by atoms with Crippen molar-refractivity contribution in [2.75, 3.05) is 0 Å². The molecule has 0 spiro atoms. The van der Waals surface area contributed by atoms with Crippen LogP contribution in [-0.4, -0.2) is 18.0 Å². The first-order chi connectivity index (χ1) is 5.22. The van der Waals surface area contributed by atoms with E-state index in [4.69, 9.17) is 5.73 Å². The van der Waals surface area contributed by atoms with Gasteiger partial charge < -0.3 is 11.1 Å². The molecule has 0 bridgehead atoms. The van der Waals surface area contributed by atoms with Gasteiger partial charge in [0.1, 0.15) is 0 Å². The normalized spacial score (nSPS) is 29.9. The monoisotopic (exact) mass is 154 g/mol. The number of nitrogens with two attached hydrogens (primary N) is 1. The fourth-order valence-electron chi connectivity index (χ4n) is 1.41. The molecule has 1 amide bonds. The molecule has 0 aromatic carbocycles. The lowest BCUT2D eigenvalue weighted by molar-refractivity contribution is -0.117. The highest BCUT2D eigenvalue weighted by Crippen LogP contribution is 2.16. The Labute approximate surface area is 66.6 Å². The first kappa shape index (κ1) is 8.27. The van der Waals surface area contributed by atoms with Gasteiger partial charge in [-0.15, -0.1) is 0 Å². The molecule has 3 heteroatoms. The molecule has 0 aliphatic heterocycles. The molecule has 2 atom stereocenters. The summed E-state index contributed by atoms with van der Waals surface area (Å²) in [7, 11) is 0. The van der Waals surface area contributed by atoms with Crippen molar-refractivity contribution in [2.24, 2.45) is 5.73 Å². The van der Waals surface area contributed by atoms with Gasteiger partial charge in [-0.05, 0) is 25.3 Å². The van der Waals surface area contributed by atoms with Crippen LogP contribution in [0.2, 0.25) is 0 Å². The summed E-state index contributed by atoms with van der Waals surface area (Å²) in [5.74, 6) is -0.0934. The number of hydrogen-bond donors (Lipinski definition) is 2. The molecule has 0 aromatic heterocycles. The topological polar surface area (TPSA) is 55.1 Å².